The van der Waals surface area contributed by atoms with Crippen LogP contribution in [-0.2, 0) is 11.2 Å². The third-order valence-electron chi connectivity index (χ3n) is 4.37. The zero-order valence-corrected chi connectivity index (χ0v) is 12.5. The minimum absolute atomic E-state index is 0.329. The van der Waals surface area contributed by atoms with Crippen molar-refractivity contribution < 1.29 is 14.7 Å². The van der Waals surface area contributed by atoms with Crippen LogP contribution in [0.3, 0.4) is 0 Å². The molecule has 0 bridgehead atoms. The third-order valence-corrected chi connectivity index (χ3v) is 4.37. The molecular formula is C16H22N2O3. The lowest BCUT2D eigenvalue weighted by atomic mass is 9.85. The Labute approximate surface area is 124 Å². The molecule has 3 N–H and O–H groups in total. The van der Waals surface area contributed by atoms with E-state index in [1.807, 2.05) is 24.3 Å². The van der Waals surface area contributed by atoms with Crippen LogP contribution >= 0.6 is 0 Å². The van der Waals surface area contributed by atoms with E-state index < -0.39 is 11.4 Å². The van der Waals surface area contributed by atoms with Crippen LogP contribution in [0.4, 0.5) is 10.5 Å². The van der Waals surface area contributed by atoms with Gasteiger partial charge in [0.25, 0.3) is 0 Å². The van der Waals surface area contributed by atoms with Crippen LogP contribution in [0.5, 0.6) is 0 Å². The van der Waals surface area contributed by atoms with Crippen molar-refractivity contribution in [3.8, 4) is 0 Å². The fourth-order valence-corrected chi connectivity index (χ4v) is 2.80. The first-order valence-corrected chi connectivity index (χ1v) is 7.35. The van der Waals surface area contributed by atoms with E-state index in [9.17, 15) is 14.7 Å². The molecular weight excluding hydrogens is 268 g/mol. The second kappa shape index (κ2) is 6.16. The largest absolute Gasteiger partial charge is 0.481 e. The molecule has 0 spiro atoms. The Balaban J connectivity index is 1.96. The van der Waals surface area contributed by atoms with Crippen LogP contribution in [0.25, 0.3) is 0 Å². The number of anilines is 1. The predicted molar refractivity (Wildman–Crippen MR) is 81.4 cm³/mol. The van der Waals surface area contributed by atoms with Gasteiger partial charge in [-0.25, -0.2) is 4.79 Å². The number of rotatable bonds is 4. The quantitative estimate of drug-likeness (QED) is 0.797. The van der Waals surface area contributed by atoms with Crippen molar-refractivity contribution in [3.63, 3.8) is 0 Å². The molecule has 2 unspecified atom stereocenters. The minimum atomic E-state index is -0.872. The van der Waals surface area contributed by atoms with E-state index in [0.29, 0.717) is 18.5 Å². The zero-order chi connectivity index (χ0) is 15.5. The minimum Gasteiger partial charge on any atom is -0.481 e. The Morgan fingerprint density at radius 2 is 2.00 bits per heavy atom. The van der Waals surface area contributed by atoms with E-state index >= 15 is 0 Å². The van der Waals surface area contributed by atoms with Gasteiger partial charge in [0.1, 0.15) is 0 Å². The topological polar surface area (TPSA) is 78.4 Å². The average Bonchev–Trinajstić information content (AvgIpc) is 2.82. The Morgan fingerprint density at radius 1 is 1.33 bits per heavy atom. The fraction of sp³-hybridized carbons (Fsp3) is 0.500. The molecule has 5 heteroatoms. The zero-order valence-electron chi connectivity index (χ0n) is 12.5. The van der Waals surface area contributed by atoms with E-state index in [4.69, 9.17) is 0 Å². The summed E-state index contributed by atoms with van der Waals surface area (Å²) < 4.78 is 0. The highest BCUT2D eigenvalue weighted by Crippen LogP contribution is 2.38. The summed E-state index contributed by atoms with van der Waals surface area (Å²) in [5, 5.41) is 14.9. The highest BCUT2D eigenvalue weighted by atomic mass is 16.4. The van der Waals surface area contributed by atoms with Crippen LogP contribution < -0.4 is 10.6 Å². The molecule has 2 atom stereocenters. The highest BCUT2D eigenvalue weighted by molar-refractivity contribution is 5.90. The molecule has 1 aliphatic rings. The summed E-state index contributed by atoms with van der Waals surface area (Å²) >= 11 is 0. The van der Waals surface area contributed by atoms with E-state index in [0.717, 1.165) is 12.8 Å². The van der Waals surface area contributed by atoms with Gasteiger partial charge in [-0.15, -0.1) is 0 Å². The van der Waals surface area contributed by atoms with Crippen LogP contribution in [0.1, 0.15) is 38.7 Å². The van der Waals surface area contributed by atoms with E-state index in [1.54, 1.807) is 6.92 Å². The van der Waals surface area contributed by atoms with Crippen LogP contribution in [0.15, 0.2) is 24.3 Å². The lowest BCUT2D eigenvalue weighted by Crippen LogP contribution is -2.48. The average molecular weight is 290 g/mol. The number of carbonyl (C=O) groups is 2. The Morgan fingerprint density at radius 3 is 2.57 bits per heavy atom. The number of nitrogens with one attached hydrogen (secondary N) is 2. The van der Waals surface area contributed by atoms with Crippen molar-refractivity contribution in [2.45, 2.75) is 45.6 Å². The molecule has 1 fully saturated rings. The number of aliphatic carboxylic acids is 1. The number of aryl methyl sites for hydroxylation is 1. The number of amides is 2. The predicted octanol–water partition coefficient (Wildman–Crippen LogP) is 3.01. The molecule has 0 aliphatic heterocycles. The van der Waals surface area contributed by atoms with Crippen LogP contribution in [0, 0.1) is 5.41 Å². The molecule has 0 heterocycles. The van der Waals surface area contributed by atoms with Gasteiger partial charge in [-0.05, 0) is 43.9 Å². The third kappa shape index (κ3) is 3.35. The van der Waals surface area contributed by atoms with Crippen molar-refractivity contribution >= 4 is 17.7 Å². The summed E-state index contributed by atoms with van der Waals surface area (Å²) in [6.45, 7) is 3.77. The van der Waals surface area contributed by atoms with E-state index in [-0.39, 0.29) is 12.1 Å². The SMILES string of the molecule is CCc1ccc(NC(=O)NC2CCCC2(C)C(=O)O)cc1. The molecule has 21 heavy (non-hydrogen) atoms. The number of benzene rings is 1. The molecule has 0 saturated heterocycles. The molecule has 1 aromatic rings. The van der Waals surface area contributed by atoms with Crippen molar-refractivity contribution in [3.05, 3.63) is 29.8 Å². The van der Waals surface area contributed by atoms with Crippen molar-refractivity contribution in [1.82, 2.24) is 5.32 Å². The van der Waals surface area contributed by atoms with Gasteiger partial charge >= 0.3 is 12.0 Å². The summed E-state index contributed by atoms with van der Waals surface area (Å²) in [4.78, 5) is 23.4. The van der Waals surface area contributed by atoms with E-state index in [1.165, 1.54) is 5.56 Å². The fourth-order valence-electron chi connectivity index (χ4n) is 2.80. The maximum absolute atomic E-state index is 12.0. The molecule has 2 amide bonds. The van der Waals surface area contributed by atoms with Gasteiger partial charge in [-0.1, -0.05) is 25.5 Å². The van der Waals surface area contributed by atoms with Gasteiger partial charge in [0.2, 0.25) is 0 Å². The Hall–Kier alpha value is -2.04. The number of carboxylic acids is 1. The van der Waals surface area contributed by atoms with Gasteiger partial charge < -0.3 is 15.7 Å². The molecule has 1 aromatic carbocycles. The molecule has 2 rings (SSSR count). The summed E-state index contributed by atoms with van der Waals surface area (Å²) in [5.74, 6) is -0.849. The summed E-state index contributed by atoms with van der Waals surface area (Å²) in [7, 11) is 0. The second-order valence-corrected chi connectivity index (χ2v) is 5.82. The lowest BCUT2D eigenvalue weighted by Gasteiger charge is -2.27. The summed E-state index contributed by atoms with van der Waals surface area (Å²) in [6, 6.07) is 6.95. The number of carboxylic acid groups (broad SMARTS) is 1. The first-order valence-electron chi connectivity index (χ1n) is 7.35. The lowest BCUT2D eigenvalue weighted by molar-refractivity contribution is -0.148. The smallest absolute Gasteiger partial charge is 0.319 e. The number of carbonyl (C=O) groups excluding carboxylic acids is 1. The maximum atomic E-state index is 12.0. The first-order chi connectivity index (χ1) is 9.95. The van der Waals surface area contributed by atoms with Crippen molar-refractivity contribution in [2.75, 3.05) is 5.32 Å². The Kier molecular flexibility index (Phi) is 4.50. The maximum Gasteiger partial charge on any atom is 0.319 e. The normalized spacial score (nSPS) is 24.6. The van der Waals surface area contributed by atoms with Gasteiger partial charge in [-0.2, -0.15) is 0 Å². The molecule has 0 aromatic heterocycles. The number of hydrogen-bond acceptors (Lipinski definition) is 2. The summed E-state index contributed by atoms with van der Waals surface area (Å²) in [6.07, 6.45) is 3.06. The molecule has 5 nitrogen and oxygen atoms in total. The molecule has 114 valence electrons. The number of hydrogen-bond donors (Lipinski definition) is 3. The second-order valence-electron chi connectivity index (χ2n) is 5.82. The Bertz CT molecular complexity index is 527. The van der Waals surface area contributed by atoms with Gasteiger partial charge in [0.05, 0.1) is 5.41 Å². The summed E-state index contributed by atoms with van der Waals surface area (Å²) in [5.41, 5.74) is 1.04. The monoisotopic (exact) mass is 290 g/mol. The molecule has 1 aliphatic carbocycles. The van der Waals surface area contributed by atoms with Crippen LogP contribution in [0.2, 0.25) is 0 Å². The van der Waals surface area contributed by atoms with Crippen LogP contribution in [-0.4, -0.2) is 23.1 Å². The molecule has 1 saturated carbocycles. The van der Waals surface area contributed by atoms with Crippen molar-refractivity contribution in [1.29, 1.82) is 0 Å². The first kappa shape index (κ1) is 15.4. The van der Waals surface area contributed by atoms with E-state index in [2.05, 4.69) is 17.6 Å². The standard InChI is InChI=1S/C16H22N2O3/c1-3-11-6-8-12(9-7-11)17-15(21)18-13-5-4-10-16(13,2)14(19)20/h6-9,13H,3-5,10H2,1-2H3,(H,19,20)(H2,17,18,21). The van der Waals surface area contributed by atoms with Crippen molar-refractivity contribution in [2.24, 2.45) is 5.41 Å². The molecule has 0 radical (unpaired) electrons. The van der Waals surface area contributed by atoms with Gasteiger partial charge in [-0.3, -0.25) is 4.79 Å². The highest BCUT2D eigenvalue weighted by Gasteiger charge is 2.45. The van der Waals surface area contributed by atoms with Gasteiger partial charge in [0, 0.05) is 11.7 Å². The number of urea groups is 1. The van der Waals surface area contributed by atoms with Gasteiger partial charge in [0.15, 0.2) is 0 Å².